The quantitative estimate of drug-likeness (QED) is 0.455. The highest BCUT2D eigenvalue weighted by atomic mass is 32.2. The molecule has 0 bridgehead atoms. The summed E-state index contributed by atoms with van der Waals surface area (Å²) in [6.07, 6.45) is 4.67. The molecule has 1 saturated heterocycles. The molecule has 1 spiro atoms. The first kappa shape index (κ1) is 26.8. The predicted molar refractivity (Wildman–Crippen MR) is 139 cm³/mol. The van der Waals surface area contributed by atoms with E-state index >= 15 is 0 Å². The van der Waals surface area contributed by atoms with Crippen molar-refractivity contribution in [3.8, 4) is 0 Å². The normalized spacial score (nSPS) is 20.9. The summed E-state index contributed by atoms with van der Waals surface area (Å²) in [7, 11) is -3.78. The summed E-state index contributed by atoms with van der Waals surface area (Å²) in [6, 6.07) is 4.52. The minimum Gasteiger partial charge on any atom is -0.395 e. The van der Waals surface area contributed by atoms with Gasteiger partial charge in [0, 0.05) is 37.7 Å². The molecule has 2 aromatic rings. The maximum Gasteiger partial charge on any atom is 0.260 e. The molecule has 0 aromatic carbocycles. The summed E-state index contributed by atoms with van der Waals surface area (Å²) in [5.41, 5.74) is 1.45. The number of aliphatic hydroxyl groups excluding tert-OH is 1. The highest BCUT2D eigenvalue weighted by molar-refractivity contribution is 7.92. The van der Waals surface area contributed by atoms with E-state index in [0.29, 0.717) is 43.0 Å². The second kappa shape index (κ2) is 10.1. The van der Waals surface area contributed by atoms with Gasteiger partial charge in [-0.1, -0.05) is 0 Å². The fourth-order valence-electron chi connectivity index (χ4n) is 5.50. The summed E-state index contributed by atoms with van der Waals surface area (Å²) in [5, 5.41) is 16.3. The van der Waals surface area contributed by atoms with Crippen LogP contribution in [0, 0.1) is 12.3 Å². The molecule has 13 heteroatoms. The molecule has 3 aliphatic rings. The number of sulfonamides is 1. The molecule has 3 heterocycles. The lowest BCUT2D eigenvalue weighted by molar-refractivity contribution is -0.0451. The maximum absolute atomic E-state index is 13.6. The van der Waals surface area contributed by atoms with Crippen LogP contribution in [0.25, 0.3) is 0 Å². The Labute approximate surface area is 220 Å². The standard InChI is InChI=1S/C25H34F2N6O4S/c1-17-16-21(30-33(17)18-4-6-25(26,27)7-5-18)29-23(35)19-2-3-20(31-38(36,37)15-14-34)28-22(19)32-12-10-24(8-9-24)11-13-32/h2-3,16,18,34H,4-15H2,1H3,(H,28,31)(H,29,30,35). The SMILES string of the molecule is Cc1cc(NC(=O)c2ccc(NS(=O)(=O)CCO)nc2N2CCC3(CC2)CC3)nn1C1CCC(F)(F)CC1. The van der Waals surface area contributed by atoms with Gasteiger partial charge in [0.05, 0.1) is 24.0 Å². The average molecular weight is 553 g/mol. The van der Waals surface area contributed by atoms with Crippen LogP contribution in [0.3, 0.4) is 0 Å². The van der Waals surface area contributed by atoms with E-state index in [1.165, 1.54) is 25.0 Å². The van der Waals surface area contributed by atoms with E-state index in [2.05, 4.69) is 20.1 Å². The monoisotopic (exact) mass is 552 g/mol. The van der Waals surface area contributed by atoms with Crippen molar-refractivity contribution in [1.82, 2.24) is 14.8 Å². The molecule has 3 N–H and O–H groups in total. The Hall–Kier alpha value is -2.80. The van der Waals surface area contributed by atoms with Gasteiger partial charge in [0.1, 0.15) is 11.6 Å². The molecule has 10 nitrogen and oxygen atoms in total. The summed E-state index contributed by atoms with van der Waals surface area (Å²) < 4.78 is 55.7. The Bertz CT molecular complexity index is 1290. The number of aromatic nitrogens is 3. The van der Waals surface area contributed by atoms with Gasteiger partial charge in [-0.15, -0.1) is 0 Å². The van der Waals surface area contributed by atoms with Crippen LogP contribution in [-0.2, 0) is 10.0 Å². The number of aryl methyl sites for hydroxylation is 1. The third kappa shape index (κ3) is 5.93. The van der Waals surface area contributed by atoms with Crippen molar-refractivity contribution in [3.63, 3.8) is 0 Å². The highest BCUT2D eigenvalue weighted by Crippen LogP contribution is 2.54. The smallest absolute Gasteiger partial charge is 0.260 e. The van der Waals surface area contributed by atoms with Crippen molar-refractivity contribution in [2.45, 2.75) is 70.3 Å². The lowest BCUT2D eigenvalue weighted by atomic mass is 9.92. The fraction of sp³-hybridized carbons (Fsp3) is 0.640. The number of alkyl halides is 2. The van der Waals surface area contributed by atoms with Gasteiger partial charge in [0.15, 0.2) is 5.82 Å². The zero-order valence-corrected chi connectivity index (χ0v) is 22.2. The zero-order chi connectivity index (χ0) is 27.1. The predicted octanol–water partition coefficient (Wildman–Crippen LogP) is 3.70. The number of aliphatic hydroxyl groups is 1. The van der Waals surface area contributed by atoms with Gasteiger partial charge in [0.25, 0.3) is 5.91 Å². The van der Waals surface area contributed by atoms with Crippen LogP contribution in [0.1, 0.15) is 73.5 Å². The number of rotatable bonds is 8. The molecule has 0 unspecified atom stereocenters. The van der Waals surface area contributed by atoms with Crippen molar-refractivity contribution < 1.29 is 27.1 Å². The molecule has 3 fully saturated rings. The second-order valence-electron chi connectivity index (χ2n) is 10.9. The minimum atomic E-state index is -3.78. The maximum atomic E-state index is 13.6. The molecule has 2 saturated carbocycles. The van der Waals surface area contributed by atoms with Gasteiger partial charge >= 0.3 is 0 Å². The van der Waals surface area contributed by atoms with E-state index in [0.717, 1.165) is 18.5 Å². The van der Waals surface area contributed by atoms with Crippen LogP contribution in [0.4, 0.5) is 26.2 Å². The second-order valence-corrected chi connectivity index (χ2v) is 12.7. The third-order valence-electron chi connectivity index (χ3n) is 8.02. The Morgan fingerprint density at radius 2 is 1.79 bits per heavy atom. The van der Waals surface area contributed by atoms with Crippen LogP contribution < -0.4 is 14.9 Å². The summed E-state index contributed by atoms with van der Waals surface area (Å²) in [4.78, 5) is 19.9. The van der Waals surface area contributed by atoms with Gasteiger partial charge in [-0.05, 0) is 63.0 Å². The number of carbonyl (C=O) groups excluding carboxylic acids is 1. The van der Waals surface area contributed by atoms with Crippen LogP contribution in [0.2, 0.25) is 0 Å². The van der Waals surface area contributed by atoms with Crippen molar-refractivity contribution in [1.29, 1.82) is 0 Å². The molecule has 38 heavy (non-hydrogen) atoms. The Morgan fingerprint density at radius 3 is 2.42 bits per heavy atom. The minimum absolute atomic E-state index is 0.0749. The fourth-order valence-corrected chi connectivity index (χ4v) is 6.27. The van der Waals surface area contributed by atoms with Gasteiger partial charge in [-0.3, -0.25) is 14.2 Å². The molecule has 208 valence electrons. The van der Waals surface area contributed by atoms with E-state index in [1.807, 2.05) is 11.8 Å². The van der Waals surface area contributed by atoms with Crippen molar-refractivity contribution in [2.75, 3.05) is 40.4 Å². The summed E-state index contributed by atoms with van der Waals surface area (Å²) in [5.74, 6) is -2.76. The van der Waals surface area contributed by atoms with E-state index in [4.69, 9.17) is 5.11 Å². The van der Waals surface area contributed by atoms with Gasteiger partial charge in [0.2, 0.25) is 15.9 Å². The van der Waals surface area contributed by atoms with Crippen molar-refractivity contribution in [3.05, 3.63) is 29.5 Å². The van der Waals surface area contributed by atoms with Gasteiger partial charge in [-0.2, -0.15) is 5.10 Å². The first-order chi connectivity index (χ1) is 18.0. The molecule has 5 rings (SSSR count). The molecule has 0 atom stereocenters. The van der Waals surface area contributed by atoms with E-state index < -0.39 is 34.2 Å². The molecular formula is C25H34F2N6O4S. The van der Waals surface area contributed by atoms with Crippen LogP contribution in [0.15, 0.2) is 18.2 Å². The number of anilines is 3. The Balaban J connectivity index is 1.36. The van der Waals surface area contributed by atoms with Crippen LogP contribution in [-0.4, -0.2) is 65.6 Å². The number of piperidine rings is 1. The van der Waals surface area contributed by atoms with E-state index in [-0.39, 0.29) is 30.3 Å². The molecule has 2 aromatic heterocycles. The number of nitrogens with zero attached hydrogens (tertiary/aromatic N) is 4. The number of nitrogens with one attached hydrogen (secondary N) is 2. The molecule has 2 aliphatic carbocycles. The lowest BCUT2D eigenvalue weighted by Gasteiger charge is -2.34. The largest absolute Gasteiger partial charge is 0.395 e. The molecule has 1 aliphatic heterocycles. The zero-order valence-electron chi connectivity index (χ0n) is 21.4. The number of halogens is 2. The average Bonchev–Trinajstić information content (AvgIpc) is 3.51. The number of amides is 1. The third-order valence-corrected chi connectivity index (χ3v) is 9.26. The van der Waals surface area contributed by atoms with Crippen molar-refractivity contribution in [2.24, 2.45) is 5.41 Å². The number of pyridine rings is 1. The van der Waals surface area contributed by atoms with E-state index in [1.54, 1.807) is 10.7 Å². The summed E-state index contributed by atoms with van der Waals surface area (Å²) >= 11 is 0. The van der Waals surface area contributed by atoms with Crippen LogP contribution >= 0.6 is 0 Å². The van der Waals surface area contributed by atoms with E-state index in [9.17, 15) is 22.0 Å². The molecular weight excluding hydrogens is 518 g/mol. The van der Waals surface area contributed by atoms with Gasteiger partial charge in [-0.25, -0.2) is 22.2 Å². The van der Waals surface area contributed by atoms with Crippen molar-refractivity contribution >= 4 is 33.4 Å². The number of hydrogen-bond donors (Lipinski definition) is 3. The first-order valence-electron chi connectivity index (χ1n) is 13.1. The lowest BCUT2D eigenvalue weighted by Crippen LogP contribution is -2.36. The number of carbonyl (C=O) groups is 1. The summed E-state index contributed by atoms with van der Waals surface area (Å²) in [6.45, 7) is 2.73. The first-order valence-corrected chi connectivity index (χ1v) is 14.8. The Kier molecular flexibility index (Phi) is 7.10. The Morgan fingerprint density at radius 1 is 1.11 bits per heavy atom. The topological polar surface area (TPSA) is 129 Å². The van der Waals surface area contributed by atoms with Crippen LogP contribution in [0.5, 0.6) is 0 Å². The van der Waals surface area contributed by atoms with Gasteiger partial charge < -0.3 is 15.3 Å². The molecule has 0 radical (unpaired) electrons. The number of hydrogen-bond acceptors (Lipinski definition) is 7. The molecule has 1 amide bonds. The highest BCUT2D eigenvalue weighted by Gasteiger charge is 2.45.